The Bertz CT molecular complexity index is 267. The normalized spacial score (nSPS) is 10.5. The molecular weight excluding hydrogens is 216 g/mol. The van der Waals surface area contributed by atoms with Crippen molar-refractivity contribution in [3.63, 3.8) is 0 Å². The minimum absolute atomic E-state index is 0.0987. The van der Waals surface area contributed by atoms with Gasteiger partial charge in [0.05, 0.1) is 27.8 Å². The molecule has 0 fully saturated rings. The van der Waals surface area contributed by atoms with Crippen LogP contribution in [0.1, 0.15) is 19.8 Å². The van der Waals surface area contributed by atoms with Crippen LogP contribution in [0.4, 0.5) is 0 Å². The van der Waals surface area contributed by atoms with E-state index in [9.17, 15) is 14.4 Å². The van der Waals surface area contributed by atoms with Crippen LogP contribution in [0.25, 0.3) is 0 Å². The summed E-state index contributed by atoms with van der Waals surface area (Å²) in [4.78, 5) is 34.4. The number of esters is 3. The average molecular weight is 232 g/mol. The van der Waals surface area contributed by atoms with E-state index in [1.165, 1.54) is 7.11 Å². The van der Waals surface area contributed by atoms with Gasteiger partial charge in [0.1, 0.15) is 0 Å². The van der Waals surface area contributed by atoms with Crippen molar-refractivity contribution in [3.05, 3.63) is 0 Å². The first-order valence-electron chi connectivity index (χ1n) is 4.72. The number of rotatable bonds is 5. The molecule has 16 heavy (non-hydrogen) atoms. The molecule has 0 aliphatic carbocycles. The summed E-state index contributed by atoms with van der Waals surface area (Å²) in [5.41, 5.74) is -1.61. The summed E-state index contributed by atoms with van der Waals surface area (Å²) in [6.45, 7) is 1.59. The first-order chi connectivity index (χ1) is 7.48. The summed E-state index contributed by atoms with van der Waals surface area (Å²) in [5, 5.41) is 0. The predicted octanol–water partition coefficient (Wildman–Crippen LogP) is 0.292. The molecule has 0 N–H and O–H groups in total. The van der Waals surface area contributed by atoms with E-state index < -0.39 is 23.3 Å². The Morgan fingerprint density at radius 1 is 0.938 bits per heavy atom. The van der Waals surface area contributed by atoms with Gasteiger partial charge in [-0.1, -0.05) is 6.92 Å². The fraction of sp³-hybridized carbons (Fsp3) is 0.700. The molecule has 0 saturated heterocycles. The molecule has 0 rings (SSSR count). The first kappa shape index (κ1) is 14.4. The van der Waals surface area contributed by atoms with E-state index in [1.807, 2.05) is 0 Å². The quantitative estimate of drug-likeness (QED) is 0.385. The summed E-state index contributed by atoms with van der Waals surface area (Å²) in [6.07, 6.45) is -0.291. The van der Waals surface area contributed by atoms with Crippen molar-refractivity contribution in [1.82, 2.24) is 0 Å². The summed E-state index contributed by atoms with van der Waals surface area (Å²) in [7, 11) is 3.47. The van der Waals surface area contributed by atoms with E-state index in [0.717, 1.165) is 14.2 Å². The zero-order chi connectivity index (χ0) is 12.8. The lowest BCUT2D eigenvalue weighted by Crippen LogP contribution is -2.42. The van der Waals surface area contributed by atoms with Crippen LogP contribution in [-0.2, 0) is 28.6 Å². The predicted molar refractivity (Wildman–Crippen MR) is 53.4 cm³/mol. The lowest BCUT2D eigenvalue weighted by molar-refractivity contribution is -0.174. The van der Waals surface area contributed by atoms with E-state index in [1.54, 1.807) is 6.92 Å². The third-order valence-electron chi connectivity index (χ3n) is 2.43. The van der Waals surface area contributed by atoms with Crippen molar-refractivity contribution in [2.75, 3.05) is 21.3 Å². The van der Waals surface area contributed by atoms with Crippen LogP contribution in [-0.4, -0.2) is 39.2 Å². The van der Waals surface area contributed by atoms with E-state index >= 15 is 0 Å². The Morgan fingerprint density at radius 3 is 1.62 bits per heavy atom. The molecule has 0 aliphatic heterocycles. The molecule has 0 atom stereocenters. The monoisotopic (exact) mass is 232 g/mol. The Labute approximate surface area is 93.8 Å². The molecule has 6 heteroatoms. The lowest BCUT2D eigenvalue weighted by Gasteiger charge is -2.25. The van der Waals surface area contributed by atoms with Gasteiger partial charge in [0.15, 0.2) is 5.41 Å². The van der Waals surface area contributed by atoms with Crippen LogP contribution in [0.3, 0.4) is 0 Å². The van der Waals surface area contributed by atoms with Crippen molar-refractivity contribution in [3.8, 4) is 0 Å². The molecular formula is C10H16O6. The highest BCUT2D eigenvalue weighted by atomic mass is 16.5. The Morgan fingerprint density at radius 2 is 1.38 bits per heavy atom. The van der Waals surface area contributed by atoms with Gasteiger partial charge < -0.3 is 14.2 Å². The Hall–Kier alpha value is -1.59. The van der Waals surface area contributed by atoms with Gasteiger partial charge in [0, 0.05) is 0 Å². The standard InChI is InChI=1S/C10H16O6/c1-5-10(8(12)15-3,9(13)16-4)6-7(11)14-2/h5-6H2,1-4H3. The third kappa shape index (κ3) is 2.71. The fourth-order valence-corrected chi connectivity index (χ4v) is 1.35. The van der Waals surface area contributed by atoms with Crippen molar-refractivity contribution >= 4 is 17.9 Å². The van der Waals surface area contributed by atoms with Gasteiger partial charge >= 0.3 is 17.9 Å². The topological polar surface area (TPSA) is 78.9 Å². The number of ether oxygens (including phenoxy) is 3. The van der Waals surface area contributed by atoms with Gasteiger partial charge in [-0.3, -0.25) is 14.4 Å². The maximum Gasteiger partial charge on any atom is 0.323 e. The highest BCUT2D eigenvalue weighted by Gasteiger charge is 2.49. The van der Waals surface area contributed by atoms with Gasteiger partial charge in [0.2, 0.25) is 0 Å². The summed E-state index contributed by atoms with van der Waals surface area (Å²) < 4.78 is 13.5. The molecule has 0 aromatic heterocycles. The molecule has 0 amide bonds. The van der Waals surface area contributed by atoms with E-state index in [0.29, 0.717) is 0 Å². The summed E-state index contributed by atoms with van der Waals surface area (Å²) in [6, 6.07) is 0. The van der Waals surface area contributed by atoms with Crippen LogP contribution in [0.2, 0.25) is 0 Å². The third-order valence-corrected chi connectivity index (χ3v) is 2.43. The molecule has 0 bridgehead atoms. The zero-order valence-electron chi connectivity index (χ0n) is 9.86. The second-order valence-corrected chi connectivity index (χ2v) is 3.17. The zero-order valence-corrected chi connectivity index (χ0v) is 9.86. The number of carbonyl (C=O) groups is 3. The van der Waals surface area contributed by atoms with Crippen LogP contribution in [0.15, 0.2) is 0 Å². The van der Waals surface area contributed by atoms with E-state index in [4.69, 9.17) is 0 Å². The Kier molecular flexibility index (Phi) is 5.49. The minimum Gasteiger partial charge on any atom is -0.469 e. The number of methoxy groups -OCH3 is 3. The first-order valence-corrected chi connectivity index (χ1v) is 4.72. The average Bonchev–Trinajstić information content (AvgIpc) is 2.33. The number of carbonyl (C=O) groups excluding carboxylic acids is 3. The highest BCUT2D eigenvalue weighted by Crippen LogP contribution is 2.30. The molecule has 0 aromatic carbocycles. The maximum atomic E-state index is 11.6. The van der Waals surface area contributed by atoms with Gasteiger partial charge in [-0.2, -0.15) is 0 Å². The second-order valence-electron chi connectivity index (χ2n) is 3.17. The molecule has 92 valence electrons. The highest BCUT2D eigenvalue weighted by molar-refractivity contribution is 6.02. The number of hydrogen-bond donors (Lipinski definition) is 0. The van der Waals surface area contributed by atoms with Crippen molar-refractivity contribution in [2.45, 2.75) is 19.8 Å². The van der Waals surface area contributed by atoms with Crippen LogP contribution in [0, 0.1) is 5.41 Å². The smallest absolute Gasteiger partial charge is 0.323 e. The fourth-order valence-electron chi connectivity index (χ4n) is 1.35. The van der Waals surface area contributed by atoms with Crippen molar-refractivity contribution in [2.24, 2.45) is 5.41 Å². The Balaban J connectivity index is 5.19. The minimum atomic E-state index is -1.61. The van der Waals surface area contributed by atoms with Gasteiger partial charge in [-0.15, -0.1) is 0 Å². The molecule has 6 nitrogen and oxygen atoms in total. The second kappa shape index (κ2) is 6.09. The SMILES string of the molecule is CCC(CC(=O)OC)(C(=O)OC)C(=O)OC. The summed E-state index contributed by atoms with van der Waals surface area (Å²) in [5.74, 6) is -2.27. The molecule has 0 unspecified atom stereocenters. The molecule has 0 aliphatic rings. The molecule has 0 heterocycles. The molecule has 0 aromatic rings. The van der Waals surface area contributed by atoms with E-state index in [2.05, 4.69) is 14.2 Å². The van der Waals surface area contributed by atoms with Gasteiger partial charge in [-0.05, 0) is 6.42 Å². The summed E-state index contributed by atoms with van der Waals surface area (Å²) >= 11 is 0. The van der Waals surface area contributed by atoms with Crippen LogP contribution >= 0.6 is 0 Å². The molecule has 0 radical (unpaired) electrons. The largest absolute Gasteiger partial charge is 0.469 e. The van der Waals surface area contributed by atoms with Crippen molar-refractivity contribution in [1.29, 1.82) is 0 Å². The molecule has 0 spiro atoms. The molecule has 0 saturated carbocycles. The van der Waals surface area contributed by atoms with Crippen LogP contribution in [0.5, 0.6) is 0 Å². The van der Waals surface area contributed by atoms with Gasteiger partial charge in [-0.25, -0.2) is 0 Å². The van der Waals surface area contributed by atoms with Crippen LogP contribution < -0.4 is 0 Å². The van der Waals surface area contributed by atoms with Gasteiger partial charge in [0.25, 0.3) is 0 Å². The van der Waals surface area contributed by atoms with E-state index in [-0.39, 0.29) is 12.8 Å². The number of hydrogen-bond acceptors (Lipinski definition) is 6. The van der Waals surface area contributed by atoms with Crippen molar-refractivity contribution < 1.29 is 28.6 Å². The maximum absolute atomic E-state index is 11.6. The lowest BCUT2D eigenvalue weighted by atomic mass is 9.81.